The van der Waals surface area contributed by atoms with Crippen LogP contribution in [-0.2, 0) is 0 Å². The minimum atomic E-state index is -0.486. The zero-order valence-electron chi connectivity index (χ0n) is 32.3. The van der Waals surface area contributed by atoms with E-state index in [2.05, 4.69) is 0 Å². The molecule has 0 heterocycles. The molecule has 0 N–H and O–H groups in total. The van der Waals surface area contributed by atoms with E-state index in [9.17, 15) is 35.1 Å². The van der Waals surface area contributed by atoms with Crippen LogP contribution in [0.1, 0.15) is 44.5 Å². The Hall–Kier alpha value is -5.76. The Labute approximate surface area is 321 Å². The van der Waals surface area contributed by atoms with E-state index < -0.39 is 11.6 Å². The third-order valence-electron chi connectivity index (χ3n) is 9.56. The van der Waals surface area contributed by atoms with Crippen molar-refractivity contribution in [2.75, 3.05) is 0 Å². The van der Waals surface area contributed by atoms with Crippen LogP contribution in [0.4, 0.5) is 35.1 Å². The van der Waals surface area contributed by atoms with Crippen LogP contribution in [0.3, 0.4) is 0 Å². The molecule has 0 atom stereocenters. The molecule has 0 radical (unpaired) electrons. The lowest BCUT2D eigenvalue weighted by atomic mass is 10.0. The van der Waals surface area contributed by atoms with E-state index in [0.717, 1.165) is 22.1 Å². The molecule has 0 aliphatic carbocycles. The number of fused-ring (bicyclic) bond motifs is 4. The van der Waals surface area contributed by atoms with Gasteiger partial charge in [0.2, 0.25) is 0 Å². The predicted octanol–water partition coefficient (Wildman–Crippen LogP) is 14.9. The van der Waals surface area contributed by atoms with Crippen molar-refractivity contribution < 1.29 is 35.1 Å². The molecule has 0 saturated carbocycles. The quantitative estimate of drug-likeness (QED) is 0.135. The fourth-order valence-electron chi connectivity index (χ4n) is 6.27. The summed E-state index contributed by atoms with van der Waals surface area (Å²) in [5.74, 6) is -3.02. The average molecular weight is 769 g/mol. The summed E-state index contributed by atoms with van der Waals surface area (Å²) in [6.45, 7) is 13.5. The highest BCUT2D eigenvalue weighted by molar-refractivity contribution is 5.87. The van der Waals surface area contributed by atoms with Crippen LogP contribution >= 0.6 is 0 Å². The fraction of sp³-hybridized carbons (Fsp3) is 0.167. The van der Waals surface area contributed by atoms with Crippen LogP contribution in [0.25, 0.3) is 43.1 Å². The van der Waals surface area contributed by atoms with Gasteiger partial charge >= 0.3 is 0 Å². The molecule has 0 amide bonds. The maximum Gasteiger partial charge on any atom is 0.136 e. The van der Waals surface area contributed by atoms with Gasteiger partial charge in [-0.2, -0.15) is 0 Å². The summed E-state index contributed by atoms with van der Waals surface area (Å²) in [5.41, 5.74) is 4.72. The normalized spacial score (nSPS) is 10.9. The largest absolute Gasteiger partial charge is 0.207 e. The van der Waals surface area contributed by atoms with Gasteiger partial charge in [-0.25, -0.2) is 35.1 Å². The van der Waals surface area contributed by atoms with Crippen LogP contribution in [0, 0.1) is 102 Å². The number of aryl methyl sites for hydroxylation is 7. The summed E-state index contributed by atoms with van der Waals surface area (Å²) in [4.78, 5) is 0. The van der Waals surface area contributed by atoms with Crippen LogP contribution in [0.2, 0.25) is 0 Å². The van der Waals surface area contributed by atoms with E-state index in [1.165, 1.54) is 31.2 Å². The van der Waals surface area contributed by atoms with Gasteiger partial charge in [0.25, 0.3) is 0 Å². The standard InChI is InChI=1S/4C12H10F2/c1-7-3-4-9-5-8(2)11(13)6-10(9)12(7)14;1-7-3-4-10-9(5-7)6-11(13)8(2)12(10)14;2*1-7-3-4-9-10(5-7)11(13)6-8(2)12(9)14/h4*3-6H,1-2H3. The highest BCUT2D eigenvalue weighted by Gasteiger charge is 2.12. The molecule has 8 heteroatoms. The third-order valence-corrected chi connectivity index (χ3v) is 9.56. The Kier molecular flexibility index (Phi) is 12.5. The summed E-state index contributed by atoms with van der Waals surface area (Å²) in [6, 6.07) is 25.7. The maximum absolute atomic E-state index is 13.6. The molecule has 8 aromatic rings. The Balaban J connectivity index is 0.000000143. The lowest BCUT2D eigenvalue weighted by Crippen LogP contribution is -1.90. The molecule has 0 bridgehead atoms. The highest BCUT2D eigenvalue weighted by atomic mass is 19.2. The molecule has 0 nitrogen and oxygen atoms in total. The van der Waals surface area contributed by atoms with E-state index in [1.54, 1.807) is 94.4 Å². The van der Waals surface area contributed by atoms with Crippen molar-refractivity contribution in [1.82, 2.24) is 0 Å². The van der Waals surface area contributed by atoms with Gasteiger partial charge in [0.15, 0.2) is 0 Å². The molecule has 0 spiro atoms. The van der Waals surface area contributed by atoms with Gasteiger partial charge in [-0.05, 0) is 131 Å². The zero-order valence-corrected chi connectivity index (χ0v) is 32.3. The first-order valence-electron chi connectivity index (χ1n) is 17.8. The lowest BCUT2D eigenvalue weighted by molar-refractivity contribution is 0.577. The summed E-state index contributed by atoms with van der Waals surface area (Å²) in [7, 11) is 0. The smallest absolute Gasteiger partial charge is 0.136 e. The Morgan fingerprint density at radius 1 is 0.268 bits per heavy atom. The summed E-state index contributed by atoms with van der Waals surface area (Å²) >= 11 is 0. The Morgan fingerprint density at radius 3 is 1.25 bits per heavy atom. The summed E-state index contributed by atoms with van der Waals surface area (Å²) in [5, 5.41) is 3.61. The molecule has 0 aliphatic heterocycles. The van der Waals surface area contributed by atoms with Crippen LogP contribution in [0.5, 0.6) is 0 Å². The molecule has 8 aromatic carbocycles. The van der Waals surface area contributed by atoms with Crippen molar-refractivity contribution in [3.8, 4) is 0 Å². The topological polar surface area (TPSA) is 0 Å². The van der Waals surface area contributed by atoms with Crippen LogP contribution < -0.4 is 0 Å². The molecular formula is C48H40F8. The van der Waals surface area contributed by atoms with Gasteiger partial charge in [0.1, 0.15) is 46.5 Å². The minimum Gasteiger partial charge on any atom is -0.207 e. The second-order valence-electron chi connectivity index (χ2n) is 14.1. The van der Waals surface area contributed by atoms with E-state index in [1.807, 2.05) is 26.8 Å². The van der Waals surface area contributed by atoms with E-state index in [0.29, 0.717) is 60.0 Å². The SMILES string of the molecule is Cc1cc2ccc(C)c(F)c2cc1F.Cc1ccc2c(F)c(C)c(F)cc2c1.Cc1ccc2c(F)c(C)cc(F)c2c1.Cc1ccc2c(F)c(C)cc(F)c2c1. The van der Waals surface area contributed by atoms with E-state index >= 15 is 0 Å². The zero-order chi connectivity index (χ0) is 41.2. The molecule has 0 aromatic heterocycles. The first-order chi connectivity index (χ1) is 26.4. The molecule has 8 rings (SSSR count). The van der Waals surface area contributed by atoms with Crippen molar-refractivity contribution >= 4 is 43.1 Å². The number of rotatable bonds is 0. The monoisotopic (exact) mass is 768 g/mol. The molecule has 0 saturated heterocycles. The molecule has 0 unspecified atom stereocenters. The van der Waals surface area contributed by atoms with Crippen molar-refractivity contribution in [1.29, 1.82) is 0 Å². The predicted molar refractivity (Wildman–Crippen MR) is 213 cm³/mol. The lowest BCUT2D eigenvalue weighted by Gasteiger charge is -2.05. The Morgan fingerprint density at radius 2 is 0.732 bits per heavy atom. The number of halogens is 8. The highest BCUT2D eigenvalue weighted by Crippen LogP contribution is 2.28. The van der Waals surface area contributed by atoms with Crippen LogP contribution in [-0.4, -0.2) is 0 Å². The number of benzene rings is 8. The minimum absolute atomic E-state index is 0.0846. The van der Waals surface area contributed by atoms with Gasteiger partial charge in [-0.1, -0.05) is 71.3 Å². The Bertz CT molecular complexity index is 2670. The van der Waals surface area contributed by atoms with Crippen LogP contribution in [0.15, 0.2) is 97.1 Å². The average Bonchev–Trinajstić information content (AvgIpc) is 3.15. The number of hydrogen-bond donors (Lipinski definition) is 0. The van der Waals surface area contributed by atoms with Crippen molar-refractivity contribution in [3.63, 3.8) is 0 Å². The van der Waals surface area contributed by atoms with Gasteiger partial charge in [0.05, 0.1) is 0 Å². The molecule has 288 valence electrons. The van der Waals surface area contributed by atoms with Gasteiger partial charge < -0.3 is 0 Å². The summed E-state index contributed by atoms with van der Waals surface area (Å²) < 4.78 is 107. The number of hydrogen-bond acceptors (Lipinski definition) is 0. The molecule has 56 heavy (non-hydrogen) atoms. The summed E-state index contributed by atoms with van der Waals surface area (Å²) in [6.07, 6.45) is 0. The van der Waals surface area contributed by atoms with Gasteiger partial charge in [-0.15, -0.1) is 0 Å². The van der Waals surface area contributed by atoms with E-state index in [4.69, 9.17) is 0 Å². The van der Waals surface area contributed by atoms with E-state index in [-0.39, 0.29) is 40.5 Å². The van der Waals surface area contributed by atoms with Crippen molar-refractivity contribution in [2.45, 2.75) is 55.4 Å². The maximum atomic E-state index is 13.6. The molecule has 0 fully saturated rings. The van der Waals surface area contributed by atoms with Crippen molar-refractivity contribution in [3.05, 3.63) is 188 Å². The molecule has 0 aliphatic rings. The fourth-order valence-corrected chi connectivity index (χ4v) is 6.27. The second kappa shape index (κ2) is 16.9. The first-order valence-corrected chi connectivity index (χ1v) is 17.8. The van der Waals surface area contributed by atoms with Gasteiger partial charge in [0, 0.05) is 37.9 Å². The second-order valence-corrected chi connectivity index (χ2v) is 14.1. The van der Waals surface area contributed by atoms with Crippen molar-refractivity contribution in [2.24, 2.45) is 0 Å². The van der Waals surface area contributed by atoms with Gasteiger partial charge in [-0.3, -0.25) is 0 Å². The first kappa shape index (κ1) is 41.4. The third kappa shape index (κ3) is 8.86. The molecular weight excluding hydrogens is 729 g/mol.